The average molecular weight is 374 g/mol. The van der Waals surface area contributed by atoms with Crippen LogP contribution < -0.4 is 5.32 Å². The molecule has 0 saturated carbocycles. The second-order valence-corrected chi connectivity index (χ2v) is 7.06. The number of phenols is 1. The summed E-state index contributed by atoms with van der Waals surface area (Å²) in [6, 6.07) is 22.1. The molecule has 0 aromatic heterocycles. The molecule has 0 amide bonds. The Labute approximate surface area is 164 Å². The molecule has 0 aliphatic carbocycles. The normalized spacial score (nSPS) is 19.3. The number of aliphatic imine (C=N–C) groups is 1. The van der Waals surface area contributed by atoms with E-state index in [1.807, 2.05) is 18.2 Å². The maximum absolute atomic E-state index is 13.4. The molecule has 3 aromatic rings. The maximum Gasteiger partial charge on any atom is 0.126 e. The highest BCUT2D eigenvalue weighted by molar-refractivity contribution is 6.01. The Bertz CT molecular complexity index is 980. The van der Waals surface area contributed by atoms with E-state index in [0.717, 1.165) is 28.8 Å². The van der Waals surface area contributed by atoms with Crippen LogP contribution in [0.1, 0.15) is 47.8 Å². The van der Waals surface area contributed by atoms with Crippen molar-refractivity contribution in [2.24, 2.45) is 4.99 Å². The predicted molar refractivity (Wildman–Crippen MR) is 110 cm³/mol. The Morgan fingerprint density at radius 1 is 1.00 bits per heavy atom. The number of phenolic OH excluding ortho intramolecular Hbond substituents is 1. The molecule has 0 spiro atoms. The van der Waals surface area contributed by atoms with Crippen molar-refractivity contribution in [1.29, 1.82) is 0 Å². The first-order valence-corrected chi connectivity index (χ1v) is 9.59. The SMILES string of the molecule is CCc1ccc(C2=N[C@@H](c3ccc(F)cc3)N[C@@H](c3ccccc3O)C2)cc1. The summed E-state index contributed by atoms with van der Waals surface area (Å²) in [4.78, 5) is 4.91. The van der Waals surface area contributed by atoms with E-state index < -0.39 is 0 Å². The molecule has 3 aromatic carbocycles. The van der Waals surface area contributed by atoms with Gasteiger partial charge in [-0.05, 0) is 41.3 Å². The molecular formula is C24H23FN2O. The molecule has 2 atom stereocenters. The summed E-state index contributed by atoms with van der Waals surface area (Å²) in [6.45, 7) is 2.13. The van der Waals surface area contributed by atoms with Crippen LogP contribution in [0.5, 0.6) is 5.75 Å². The van der Waals surface area contributed by atoms with Crippen molar-refractivity contribution in [1.82, 2.24) is 5.32 Å². The predicted octanol–water partition coefficient (Wildman–Crippen LogP) is 5.32. The molecule has 2 N–H and O–H groups in total. The number of benzene rings is 3. The zero-order chi connectivity index (χ0) is 19.5. The zero-order valence-electron chi connectivity index (χ0n) is 15.8. The molecule has 0 fully saturated rings. The third kappa shape index (κ3) is 3.82. The van der Waals surface area contributed by atoms with Crippen LogP contribution in [0.3, 0.4) is 0 Å². The molecule has 1 aliphatic heterocycles. The van der Waals surface area contributed by atoms with E-state index in [9.17, 15) is 9.50 Å². The summed E-state index contributed by atoms with van der Waals surface area (Å²) in [5, 5.41) is 13.9. The standard InChI is InChI=1S/C24H23FN2O/c1-2-16-7-9-17(10-8-16)21-15-22(20-5-3-4-6-23(20)28)27-24(26-21)18-11-13-19(25)14-12-18/h3-14,22,24,27-28H,2,15H2,1H3/t22-,24-/m1/s1. The zero-order valence-corrected chi connectivity index (χ0v) is 15.8. The van der Waals surface area contributed by atoms with Gasteiger partial charge in [0.15, 0.2) is 0 Å². The van der Waals surface area contributed by atoms with Gasteiger partial charge in [-0.3, -0.25) is 10.3 Å². The minimum atomic E-state index is -0.306. The van der Waals surface area contributed by atoms with Crippen LogP contribution in [0.25, 0.3) is 0 Å². The van der Waals surface area contributed by atoms with Gasteiger partial charge in [0.05, 0.1) is 0 Å². The van der Waals surface area contributed by atoms with Crippen molar-refractivity contribution in [2.45, 2.75) is 32.0 Å². The van der Waals surface area contributed by atoms with Gasteiger partial charge in [0.25, 0.3) is 0 Å². The van der Waals surface area contributed by atoms with Crippen molar-refractivity contribution in [3.05, 3.63) is 101 Å². The van der Waals surface area contributed by atoms with Crippen LogP contribution in [0, 0.1) is 5.82 Å². The lowest BCUT2D eigenvalue weighted by Crippen LogP contribution is -2.33. The highest BCUT2D eigenvalue weighted by Crippen LogP contribution is 2.34. The summed E-state index contributed by atoms with van der Waals surface area (Å²) in [5.74, 6) is -0.00314. The number of hydrogen-bond donors (Lipinski definition) is 2. The number of aryl methyl sites for hydroxylation is 1. The summed E-state index contributed by atoms with van der Waals surface area (Å²) >= 11 is 0. The number of nitrogens with zero attached hydrogens (tertiary/aromatic N) is 1. The van der Waals surface area contributed by atoms with Gasteiger partial charge in [0.1, 0.15) is 17.7 Å². The van der Waals surface area contributed by atoms with E-state index >= 15 is 0 Å². The molecule has 4 heteroatoms. The first-order chi connectivity index (χ1) is 13.6. The van der Waals surface area contributed by atoms with Crippen LogP contribution in [-0.2, 0) is 6.42 Å². The van der Waals surface area contributed by atoms with Crippen molar-refractivity contribution in [2.75, 3.05) is 0 Å². The van der Waals surface area contributed by atoms with E-state index in [-0.39, 0.29) is 23.8 Å². The number of para-hydroxylation sites is 1. The van der Waals surface area contributed by atoms with E-state index in [4.69, 9.17) is 4.99 Å². The molecular weight excluding hydrogens is 351 g/mol. The number of halogens is 1. The van der Waals surface area contributed by atoms with Gasteiger partial charge in [0.2, 0.25) is 0 Å². The third-order valence-electron chi connectivity index (χ3n) is 5.23. The fourth-order valence-electron chi connectivity index (χ4n) is 3.61. The molecule has 1 aliphatic rings. The lowest BCUT2D eigenvalue weighted by atomic mass is 9.93. The first kappa shape index (κ1) is 18.4. The van der Waals surface area contributed by atoms with Crippen LogP contribution in [0.4, 0.5) is 4.39 Å². The van der Waals surface area contributed by atoms with Gasteiger partial charge in [-0.2, -0.15) is 0 Å². The highest BCUT2D eigenvalue weighted by Gasteiger charge is 2.27. The largest absolute Gasteiger partial charge is 0.508 e. The second-order valence-electron chi connectivity index (χ2n) is 7.06. The van der Waals surface area contributed by atoms with E-state index in [1.54, 1.807) is 18.2 Å². The Morgan fingerprint density at radius 2 is 1.71 bits per heavy atom. The van der Waals surface area contributed by atoms with Crippen molar-refractivity contribution in [3.8, 4) is 5.75 Å². The average Bonchev–Trinajstić information content (AvgIpc) is 2.74. The smallest absolute Gasteiger partial charge is 0.126 e. The van der Waals surface area contributed by atoms with Crippen LogP contribution in [0.2, 0.25) is 0 Å². The van der Waals surface area contributed by atoms with E-state index in [1.165, 1.54) is 17.7 Å². The van der Waals surface area contributed by atoms with Crippen LogP contribution in [0.15, 0.2) is 77.8 Å². The molecule has 142 valence electrons. The number of nitrogens with one attached hydrogen (secondary N) is 1. The van der Waals surface area contributed by atoms with Gasteiger partial charge in [-0.25, -0.2) is 4.39 Å². The van der Waals surface area contributed by atoms with Crippen molar-refractivity contribution < 1.29 is 9.50 Å². The van der Waals surface area contributed by atoms with E-state index in [0.29, 0.717) is 6.42 Å². The fourth-order valence-corrected chi connectivity index (χ4v) is 3.61. The highest BCUT2D eigenvalue weighted by atomic mass is 19.1. The monoisotopic (exact) mass is 374 g/mol. The minimum absolute atomic E-state index is 0.0883. The van der Waals surface area contributed by atoms with Gasteiger partial charge < -0.3 is 5.11 Å². The van der Waals surface area contributed by atoms with Crippen molar-refractivity contribution >= 4 is 5.71 Å². The summed E-state index contributed by atoms with van der Waals surface area (Å²) in [7, 11) is 0. The Morgan fingerprint density at radius 3 is 2.39 bits per heavy atom. The number of aromatic hydroxyl groups is 1. The second kappa shape index (κ2) is 7.95. The molecule has 0 saturated heterocycles. The molecule has 4 rings (SSSR count). The molecule has 28 heavy (non-hydrogen) atoms. The first-order valence-electron chi connectivity index (χ1n) is 9.59. The molecule has 0 bridgehead atoms. The third-order valence-corrected chi connectivity index (χ3v) is 5.23. The van der Waals surface area contributed by atoms with Gasteiger partial charge >= 0.3 is 0 Å². The van der Waals surface area contributed by atoms with Gasteiger partial charge in [0, 0.05) is 23.7 Å². The Balaban J connectivity index is 1.73. The van der Waals surface area contributed by atoms with E-state index in [2.05, 4.69) is 36.5 Å². The van der Waals surface area contributed by atoms with Crippen LogP contribution >= 0.6 is 0 Å². The topological polar surface area (TPSA) is 44.6 Å². The number of rotatable bonds is 4. The summed E-state index contributed by atoms with van der Waals surface area (Å²) in [6.07, 6.45) is 1.35. The summed E-state index contributed by atoms with van der Waals surface area (Å²) < 4.78 is 13.4. The summed E-state index contributed by atoms with van der Waals surface area (Å²) in [5.41, 5.74) is 5.07. The molecule has 0 unspecified atom stereocenters. The maximum atomic E-state index is 13.4. The lowest BCUT2D eigenvalue weighted by Gasteiger charge is -2.31. The molecule has 1 heterocycles. The lowest BCUT2D eigenvalue weighted by molar-refractivity contribution is 0.412. The Hall–Kier alpha value is -2.98. The van der Waals surface area contributed by atoms with Gasteiger partial charge in [-0.15, -0.1) is 0 Å². The van der Waals surface area contributed by atoms with Gasteiger partial charge in [-0.1, -0.05) is 61.5 Å². The minimum Gasteiger partial charge on any atom is -0.508 e. The van der Waals surface area contributed by atoms with Crippen molar-refractivity contribution in [3.63, 3.8) is 0 Å². The molecule has 0 radical (unpaired) electrons. The Kier molecular flexibility index (Phi) is 5.22. The fraction of sp³-hybridized carbons (Fsp3) is 0.208. The van der Waals surface area contributed by atoms with Crippen LogP contribution in [-0.4, -0.2) is 10.8 Å². The number of hydrogen-bond acceptors (Lipinski definition) is 3. The quantitative estimate of drug-likeness (QED) is 0.649. The molecule has 3 nitrogen and oxygen atoms in total.